The maximum atomic E-state index is 13.1. The molecule has 1 unspecified atom stereocenters. The van der Waals surface area contributed by atoms with Gasteiger partial charge in [-0.1, -0.05) is 42.5 Å². The van der Waals surface area contributed by atoms with E-state index >= 15 is 0 Å². The molecule has 0 bridgehead atoms. The lowest BCUT2D eigenvalue weighted by Crippen LogP contribution is -2.52. The van der Waals surface area contributed by atoms with E-state index in [2.05, 4.69) is 10.6 Å². The summed E-state index contributed by atoms with van der Waals surface area (Å²) >= 11 is 0. The Morgan fingerprint density at radius 3 is 2.48 bits per heavy atom. The second-order valence-corrected chi connectivity index (χ2v) is 7.43. The molecule has 1 atom stereocenters. The van der Waals surface area contributed by atoms with Crippen molar-refractivity contribution in [2.45, 2.75) is 45.1 Å². The van der Waals surface area contributed by atoms with Crippen molar-refractivity contribution in [1.29, 1.82) is 0 Å². The van der Waals surface area contributed by atoms with Crippen LogP contribution in [-0.4, -0.2) is 28.7 Å². The van der Waals surface area contributed by atoms with Crippen LogP contribution in [-0.2, 0) is 35.8 Å². The first kappa shape index (κ1) is 19.3. The minimum Gasteiger partial charge on any atom is -0.326 e. The number of nitrogens with zero attached hydrogens (tertiary/aromatic N) is 1. The third kappa shape index (κ3) is 3.79. The molecule has 2 aromatic carbocycles. The first-order valence-corrected chi connectivity index (χ1v) is 9.81. The van der Waals surface area contributed by atoms with Gasteiger partial charge in [0, 0.05) is 38.2 Å². The number of hydrogen-bond acceptors (Lipinski definition) is 5. The van der Waals surface area contributed by atoms with Gasteiger partial charge in [0.05, 0.1) is 0 Å². The molecular weight excluding hydrogens is 368 g/mol. The number of nitrogens with one attached hydrogen (secondary N) is 2. The van der Waals surface area contributed by atoms with Crippen LogP contribution in [0.1, 0.15) is 45.5 Å². The third-order valence-corrected chi connectivity index (χ3v) is 5.61. The smallest absolute Gasteiger partial charge is 0.255 e. The van der Waals surface area contributed by atoms with Crippen molar-refractivity contribution in [3.63, 3.8) is 0 Å². The molecule has 2 heterocycles. The Morgan fingerprint density at radius 2 is 1.72 bits per heavy atom. The van der Waals surface area contributed by atoms with Crippen LogP contribution in [0.15, 0.2) is 42.5 Å². The molecule has 4 N–H and O–H groups in total. The molecule has 29 heavy (non-hydrogen) atoms. The van der Waals surface area contributed by atoms with Crippen LogP contribution in [0.3, 0.4) is 0 Å². The Kier molecular flexibility index (Phi) is 5.42. The van der Waals surface area contributed by atoms with Crippen LogP contribution in [0.5, 0.6) is 0 Å². The summed E-state index contributed by atoms with van der Waals surface area (Å²) in [6.45, 7) is 2.07. The lowest BCUT2D eigenvalue weighted by molar-refractivity contribution is -0.136. The van der Waals surface area contributed by atoms with Crippen LogP contribution >= 0.6 is 0 Å². The number of hydrogen-bond donors (Lipinski definition) is 3. The highest BCUT2D eigenvalue weighted by Crippen LogP contribution is 2.29. The average Bonchev–Trinajstić information content (AvgIpc) is 3.05. The molecule has 7 nitrogen and oxygen atoms in total. The molecule has 0 radical (unpaired) electrons. The molecule has 1 saturated heterocycles. The maximum absolute atomic E-state index is 13.1. The lowest BCUT2D eigenvalue weighted by Gasteiger charge is -2.29. The Morgan fingerprint density at radius 1 is 1.00 bits per heavy atom. The van der Waals surface area contributed by atoms with Gasteiger partial charge in [0.25, 0.3) is 5.91 Å². The fraction of sp³-hybridized carbons (Fsp3) is 0.318. The third-order valence-electron chi connectivity index (χ3n) is 5.61. The standard InChI is InChI=1S/C22H24N4O3/c23-10-14-4-1-2-5-15(14)11-24-12-16-6-3-7-17-13-26(22(29)20(16)17)18-8-9-19(27)25-21(18)28/h1-7,18,24H,8-13,23H2,(H,25,27,28). The maximum Gasteiger partial charge on any atom is 0.255 e. The molecule has 3 amide bonds. The Hall–Kier alpha value is -3.03. The van der Waals surface area contributed by atoms with E-state index in [1.165, 1.54) is 0 Å². The molecule has 2 aliphatic heterocycles. The fourth-order valence-corrected chi connectivity index (χ4v) is 4.10. The van der Waals surface area contributed by atoms with Crippen LogP contribution in [0.25, 0.3) is 0 Å². The highest BCUT2D eigenvalue weighted by Gasteiger charge is 2.39. The molecule has 0 saturated carbocycles. The SMILES string of the molecule is NCc1ccccc1CNCc1cccc2c1C(=O)N(C1CCC(=O)NC1=O)C2. The number of amides is 3. The van der Waals surface area contributed by atoms with E-state index < -0.39 is 6.04 Å². The van der Waals surface area contributed by atoms with Crippen molar-refractivity contribution in [3.05, 3.63) is 70.3 Å². The van der Waals surface area contributed by atoms with Crippen molar-refractivity contribution in [1.82, 2.24) is 15.5 Å². The molecule has 2 aromatic rings. The zero-order valence-electron chi connectivity index (χ0n) is 16.1. The van der Waals surface area contributed by atoms with Gasteiger partial charge in [-0.15, -0.1) is 0 Å². The summed E-state index contributed by atoms with van der Waals surface area (Å²) < 4.78 is 0. The van der Waals surface area contributed by atoms with E-state index in [0.717, 1.165) is 22.3 Å². The summed E-state index contributed by atoms with van der Waals surface area (Å²) in [6, 6.07) is 13.2. The first-order chi connectivity index (χ1) is 14.1. The summed E-state index contributed by atoms with van der Waals surface area (Å²) in [6.07, 6.45) is 0.624. The highest BCUT2D eigenvalue weighted by molar-refractivity contribution is 6.05. The monoisotopic (exact) mass is 392 g/mol. The minimum atomic E-state index is -0.593. The number of rotatable bonds is 6. The number of piperidine rings is 1. The van der Waals surface area contributed by atoms with Crippen LogP contribution in [0.4, 0.5) is 0 Å². The highest BCUT2D eigenvalue weighted by atomic mass is 16.2. The molecule has 4 rings (SSSR count). The molecule has 150 valence electrons. The quantitative estimate of drug-likeness (QED) is 0.641. The van der Waals surface area contributed by atoms with Crippen molar-refractivity contribution < 1.29 is 14.4 Å². The summed E-state index contributed by atoms with van der Waals surface area (Å²) in [5, 5.41) is 5.74. The molecule has 2 aliphatic rings. The molecular formula is C22H24N4O3. The normalized spacial score (nSPS) is 18.7. The van der Waals surface area contributed by atoms with Crippen LogP contribution in [0.2, 0.25) is 0 Å². The Bertz CT molecular complexity index is 972. The second-order valence-electron chi connectivity index (χ2n) is 7.43. The van der Waals surface area contributed by atoms with Gasteiger partial charge >= 0.3 is 0 Å². The number of carbonyl (C=O) groups is 3. The van der Waals surface area contributed by atoms with E-state index in [4.69, 9.17) is 5.73 Å². The van der Waals surface area contributed by atoms with E-state index in [1.54, 1.807) is 4.90 Å². The number of fused-ring (bicyclic) bond motifs is 1. The topological polar surface area (TPSA) is 105 Å². The van der Waals surface area contributed by atoms with Gasteiger partial charge in [-0.25, -0.2) is 0 Å². The molecule has 0 aromatic heterocycles. The van der Waals surface area contributed by atoms with Crippen molar-refractivity contribution in [2.24, 2.45) is 5.73 Å². The lowest BCUT2D eigenvalue weighted by atomic mass is 10.0. The first-order valence-electron chi connectivity index (χ1n) is 9.81. The van der Waals surface area contributed by atoms with Crippen molar-refractivity contribution in [2.75, 3.05) is 0 Å². The van der Waals surface area contributed by atoms with Crippen molar-refractivity contribution in [3.8, 4) is 0 Å². The zero-order chi connectivity index (χ0) is 20.4. The molecule has 7 heteroatoms. The van der Waals surface area contributed by atoms with E-state index in [1.807, 2.05) is 42.5 Å². The Labute approximate surface area is 169 Å². The summed E-state index contributed by atoms with van der Waals surface area (Å²) in [4.78, 5) is 38.3. The fourth-order valence-electron chi connectivity index (χ4n) is 4.10. The van der Waals surface area contributed by atoms with Gasteiger partial charge in [0.15, 0.2) is 0 Å². The summed E-state index contributed by atoms with van der Waals surface area (Å²) in [5.74, 6) is -0.812. The average molecular weight is 392 g/mol. The van der Waals surface area contributed by atoms with E-state index in [0.29, 0.717) is 38.2 Å². The predicted molar refractivity (Wildman–Crippen MR) is 107 cm³/mol. The molecule has 0 spiro atoms. The summed E-state index contributed by atoms with van der Waals surface area (Å²) in [5.41, 5.74) is 10.5. The van der Waals surface area contributed by atoms with Gasteiger partial charge in [-0.2, -0.15) is 0 Å². The van der Waals surface area contributed by atoms with Gasteiger partial charge in [0.2, 0.25) is 11.8 Å². The molecule has 1 fully saturated rings. The van der Waals surface area contributed by atoms with Gasteiger partial charge in [0.1, 0.15) is 6.04 Å². The van der Waals surface area contributed by atoms with E-state index in [9.17, 15) is 14.4 Å². The number of nitrogens with two attached hydrogens (primary N) is 1. The van der Waals surface area contributed by atoms with Crippen LogP contribution < -0.4 is 16.4 Å². The largest absolute Gasteiger partial charge is 0.326 e. The second kappa shape index (κ2) is 8.14. The van der Waals surface area contributed by atoms with Crippen LogP contribution in [0, 0.1) is 0 Å². The Balaban J connectivity index is 1.47. The van der Waals surface area contributed by atoms with E-state index in [-0.39, 0.29) is 24.1 Å². The minimum absolute atomic E-state index is 0.144. The van der Waals surface area contributed by atoms with Gasteiger partial charge in [-0.3, -0.25) is 19.7 Å². The number of imide groups is 1. The summed E-state index contributed by atoms with van der Waals surface area (Å²) in [7, 11) is 0. The predicted octanol–water partition coefficient (Wildman–Crippen LogP) is 1.20. The zero-order valence-corrected chi connectivity index (χ0v) is 16.1. The number of benzene rings is 2. The van der Waals surface area contributed by atoms with Gasteiger partial charge in [-0.05, 0) is 28.7 Å². The molecule has 0 aliphatic carbocycles. The van der Waals surface area contributed by atoms with Gasteiger partial charge < -0.3 is 16.0 Å². The number of carbonyl (C=O) groups excluding carboxylic acids is 3. The van der Waals surface area contributed by atoms with Crippen molar-refractivity contribution >= 4 is 17.7 Å².